The number of nitrogens with one attached hydrogen (secondary N) is 2. The van der Waals surface area contributed by atoms with Crippen molar-refractivity contribution < 1.29 is 19.1 Å². The van der Waals surface area contributed by atoms with Crippen LogP contribution in [0.15, 0.2) is 18.2 Å². The molecule has 4 rings (SSSR count). The number of ketones is 2. The van der Waals surface area contributed by atoms with Crippen LogP contribution in [-0.4, -0.2) is 44.3 Å². The number of ether oxygens (including phenoxy) is 1. The number of aromatic nitrogens is 2. The molecule has 1 atom stereocenters. The summed E-state index contributed by atoms with van der Waals surface area (Å²) in [5, 5.41) is 6.23. The lowest BCUT2D eigenvalue weighted by molar-refractivity contribution is -0.126. The van der Waals surface area contributed by atoms with Gasteiger partial charge in [-0.3, -0.25) is 9.59 Å². The highest BCUT2D eigenvalue weighted by Crippen LogP contribution is 2.41. The van der Waals surface area contributed by atoms with Gasteiger partial charge in [0.2, 0.25) is 0 Å². The third kappa shape index (κ3) is 5.63. The smallest absolute Gasteiger partial charge is 0.408 e. The summed E-state index contributed by atoms with van der Waals surface area (Å²) in [6.45, 7) is 11.3. The number of para-hydroxylation sites is 1. The van der Waals surface area contributed by atoms with E-state index in [1.54, 1.807) is 32.9 Å². The lowest BCUT2D eigenvalue weighted by Gasteiger charge is -2.25. The van der Waals surface area contributed by atoms with Gasteiger partial charge in [0.1, 0.15) is 22.5 Å². The predicted octanol–water partition coefficient (Wildman–Crippen LogP) is 5.13. The summed E-state index contributed by atoms with van der Waals surface area (Å²) in [5.74, 6) is -0.0630. The first-order chi connectivity index (χ1) is 16.3. The predicted molar refractivity (Wildman–Crippen MR) is 135 cm³/mol. The number of Topliss-reactive ketones (excluding diaryl/α,β-unsaturated/α-hetero) is 2. The van der Waals surface area contributed by atoms with Crippen molar-refractivity contribution in [1.29, 1.82) is 0 Å². The van der Waals surface area contributed by atoms with Crippen molar-refractivity contribution in [3.8, 4) is 0 Å². The fourth-order valence-electron chi connectivity index (χ4n) is 4.31. The minimum absolute atomic E-state index is 0.0332. The molecule has 188 valence electrons. The van der Waals surface area contributed by atoms with Gasteiger partial charge in [-0.1, -0.05) is 13.0 Å². The van der Waals surface area contributed by atoms with E-state index in [0.29, 0.717) is 41.7 Å². The van der Waals surface area contributed by atoms with Crippen LogP contribution in [0.5, 0.6) is 0 Å². The molecule has 2 aliphatic rings. The fraction of sp³-hybridized carbons (Fsp3) is 0.593. The Labute approximate surface area is 206 Å². The largest absolute Gasteiger partial charge is 0.444 e. The molecule has 2 aromatic rings. The molecule has 2 aliphatic carbocycles. The van der Waals surface area contributed by atoms with E-state index >= 15 is 0 Å². The van der Waals surface area contributed by atoms with Crippen molar-refractivity contribution in [3.63, 3.8) is 0 Å². The average molecular weight is 481 g/mol. The van der Waals surface area contributed by atoms with E-state index in [0.717, 1.165) is 18.5 Å². The summed E-state index contributed by atoms with van der Waals surface area (Å²) in [6.07, 6.45) is 3.22. The minimum Gasteiger partial charge on any atom is -0.444 e. The molecule has 8 heteroatoms. The number of carbonyl (C=O) groups is 3. The zero-order chi connectivity index (χ0) is 25.6. The second kappa shape index (κ2) is 8.88. The average Bonchev–Trinajstić information content (AvgIpc) is 3.69. The van der Waals surface area contributed by atoms with Crippen molar-refractivity contribution in [1.82, 2.24) is 15.3 Å². The summed E-state index contributed by atoms with van der Waals surface area (Å²) in [4.78, 5) is 48.6. The zero-order valence-electron chi connectivity index (χ0n) is 21.6. The number of nitrogens with zero attached hydrogens (tertiary/aromatic N) is 2. The number of amides is 1. The lowest BCUT2D eigenvalue weighted by atomic mass is 9.87. The van der Waals surface area contributed by atoms with Crippen LogP contribution in [0.3, 0.4) is 0 Å². The highest BCUT2D eigenvalue weighted by molar-refractivity contribution is 6.08. The minimum atomic E-state index is -0.935. The fourth-order valence-corrected chi connectivity index (χ4v) is 4.31. The van der Waals surface area contributed by atoms with Crippen LogP contribution in [0.25, 0.3) is 11.0 Å². The van der Waals surface area contributed by atoms with Gasteiger partial charge in [0.15, 0.2) is 11.6 Å². The Morgan fingerprint density at radius 1 is 1.11 bits per heavy atom. The first-order valence-electron chi connectivity index (χ1n) is 12.5. The maximum absolute atomic E-state index is 13.4. The number of anilines is 1. The van der Waals surface area contributed by atoms with Gasteiger partial charge >= 0.3 is 6.09 Å². The monoisotopic (exact) mass is 480 g/mol. The van der Waals surface area contributed by atoms with Gasteiger partial charge in [-0.25, -0.2) is 14.8 Å². The van der Waals surface area contributed by atoms with E-state index in [-0.39, 0.29) is 23.5 Å². The summed E-state index contributed by atoms with van der Waals surface area (Å²) in [7, 11) is 0. The molecule has 0 aliphatic heterocycles. The Hall–Kier alpha value is -3.03. The number of hydrogen-bond acceptors (Lipinski definition) is 7. The van der Waals surface area contributed by atoms with Gasteiger partial charge in [-0.2, -0.15) is 0 Å². The van der Waals surface area contributed by atoms with Crippen LogP contribution in [0, 0.1) is 12.8 Å². The lowest BCUT2D eigenvalue weighted by Crippen LogP contribution is -2.47. The molecule has 1 aromatic carbocycles. The first-order valence-corrected chi connectivity index (χ1v) is 12.5. The van der Waals surface area contributed by atoms with Crippen molar-refractivity contribution in [2.45, 2.75) is 96.7 Å². The first kappa shape index (κ1) is 25.1. The zero-order valence-corrected chi connectivity index (χ0v) is 21.6. The van der Waals surface area contributed by atoms with E-state index in [2.05, 4.69) is 22.5 Å². The molecule has 2 fully saturated rings. The summed E-state index contributed by atoms with van der Waals surface area (Å²) < 4.78 is 5.35. The van der Waals surface area contributed by atoms with Gasteiger partial charge in [-0.15, -0.1) is 0 Å². The van der Waals surface area contributed by atoms with Crippen LogP contribution in [0.1, 0.15) is 89.2 Å². The van der Waals surface area contributed by atoms with Crippen molar-refractivity contribution in [2.24, 2.45) is 5.92 Å². The van der Waals surface area contributed by atoms with E-state index in [1.165, 1.54) is 0 Å². The Morgan fingerprint density at radius 3 is 2.37 bits per heavy atom. The molecular formula is C27H36N4O4. The standard InChI is InChI=1S/C27H36N4O4/c1-7-17(22(33)27(13-14-27)31-24(34)35-25(3,4)5)15-20(32)18-9-8-10-19-21(18)29-23(16(2)28-19)30-26(6)11-12-26/h8-10,17H,7,11-15H2,1-6H3,(H,29,30)(H,31,34). The topological polar surface area (TPSA) is 110 Å². The molecule has 35 heavy (non-hydrogen) atoms. The van der Waals surface area contributed by atoms with Gasteiger partial charge < -0.3 is 15.4 Å². The molecule has 2 saturated carbocycles. The quantitative estimate of drug-likeness (QED) is 0.479. The molecule has 8 nitrogen and oxygen atoms in total. The Bertz CT molecular complexity index is 1180. The highest BCUT2D eigenvalue weighted by atomic mass is 16.6. The van der Waals surface area contributed by atoms with E-state index in [4.69, 9.17) is 9.72 Å². The number of rotatable bonds is 9. The SMILES string of the molecule is CCC(CC(=O)c1cccc2nc(C)c(NC3(C)CC3)nc12)C(=O)C1(NC(=O)OC(C)(C)C)CC1. The van der Waals surface area contributed by atoms with E-state index < -0.39 is 23.2 Å². The van der Waals surface area contributed by atoms with Gasteiger partial charge in [0.25, 0.3) is 0 Å². The summed E-state index contributed by atoms with van der Waals surface area (Å²) in [6, 6.07) is 5.40. The van der Waals surface area contributed by atoms with Crippen LogP contribution in [0.2, 0.25) is 0 Å². The van der Waals surface area contributed by atoms with Crippen LogP contribution in [0.4, 0.5) is 10.6 Å². The van der Waals surface area contributed by atoms with Crippen molar-refractivity contribution in [2.75, 3.05) is 5.32 Å². The number of alkyl carbamates (subject to hydrolysis) is 1. The molecule has 1 amide bonds. The Kier molecular flexibility index (Phi) is 6.36. The second-order valence-electron chi connectivity index (χ2n) is 11.3. The molecule has 2 N–H and O–H groups in total. The molecule has 0 bridgehead atoms. The third-order valence-corrected chi connectivity index (χ3v) is 6.85. The molecule has 0 spiro atoms. The number of fused-ring (bicyclic) bond motifs is 1. The van der Waals surface area contributed by atoms with E-state index in [9.17, 15) is 14.4 Å². The molecule has 1 unspecified atom stereocenters. The number of hydrogen-bond donors (Lipinski definition) is 2. The van der Waals surface area contributed by atoms with Crippen LogP contribution < -0.4 is 10.6 Å². The molecule has 1 heterocycles. The van der Waals surface area contributed by atoms with Crippen molar-refractivity contribution >= 4 is 34.5 Å². The number of carbonyl (C=O) groups excluding carboxylic acids is 3. The van der Waals surface area contributed by atoms with Gasteiger partial charge in [0, 0.05) is 23.4 Å². The summed E-state index contributed by atoms with van der Waals surface area (Å²) >= 11 is 0. The van der Waals surface area contributed by atoms with E-state index in [1.807, 2.05) is 19.9 Å². The maximum Gasteiger partial charge on any atom is 0.408 e. The maximum atomic E-state index is 13.4. The van der Waals surface area contributed by atoms with Crippen LogP contribution >= 0.6 is 0 Å². The van der Waals surface area contributed by atoms with Crippen LogP contribution in [-0.2, 0) is 9.53 Å². The number of aryl methyl sites for hydroxylation is 1. The molecule has 0 saturated heterocycles. The van der Waals surface area contributed by atoms with Gasteiger partial charge in [0.05, 0.1) is 11.2 Å². The normalized spacial score (nSPS) is 18.5. The van der Waals surface area contributed by atoms with Crippen molar-refractivity contribution in [3.05, 3.63) is 29.5 Å². The molecular weight excluding hydrogens is 444 g/mol. The number of benzene rings is 1. The Balaban J connectivity index is 1.53. The Morgan fingerprint density at radius 2 is 1.80 bits per heavy atom. The molecule has 1 aromatic heterocycles. The highest BCUT2D eigenvalue weighted by Gasteiger charge is 2.53. The summed E-state index contributed by atoms with van der Waals surface area (Å²) in [5.41, 5.74) is 0.911. The second-order valence-corrected chi connectivity index (χ2v) is 11.3. The molecule has 0 radical (unpaired) electrons. The third-order valence-electron chi connectivity index (χ3n) is 6.85. The van der Waals surface area contributed by atoms with Gasteiger partial charge in [-0.05, 0) is 78.9 Å².